The number of aromatic carboxylic acids is 4. The van der Waals surface area contributed by atoms with Crippen molar-refractivity contribution in [2.75, 3.05) is 0 Å². The van der Waals surface area contributed by atoms with Gasteiger partial charge in [0.1, 0.15) is 37.9 Å². The van der Waals surface area contributed by atoms with Gasteiger partial charge in [-0.15, -0.1) is 0 Å². The molecule has 0 spiro atoms. The van der Waals surface area contributed by atoms with Gasteiger partial charge < -0.3 is 30.0 Å². The highest BCUT2D eigenvalue weighted by Gasteiger charge is 2.09. The van der Waals surface area contributed by atoms with Crippen LogP contribution >= 0.6 is 0 Å². The summed E-state index contributed by atoms with van der Waals surface area (Å²) in [5.41, 5.74) is 2.06. The maximum Gasteiger partial charge on any atom is 0.335 e. The van der Waals surface area contributed by atoms with Crippen molar-refractivity contribution in [3.8, 4) is 0 Å². The van der Waals surface area contributed by atoms with Crippen molar-refractivity contribution in [1.29, 1.82) is 0 Å². The molecule has 0 amide bonds. The zero-order valence-corrected chi connectivity index (χ0v) is 33.7. The molecule has 66 heavy (non-hydrogen) atoms. The van der Waals surface area contributed by atoms with Crippen LogP contribution in [0.1, 0.15) is 52.6 Å². The van der Waals surface area contributed by atoms with Gasteiger partial charge in [0, 0.05) is 48.5 Å². The number of aromatic amines is 2. The van der Waals surface area contributed by atoms with Crippen molar-refractivity contribution in [2.24, 2.45) is 0 Å². The van der Waals surface area contributed by atoms with Gasteiger partial charge in [0.05, 0.1) is 42.8 Å². The number of rotatable bonds is 12. The lowest BCUT2D eigenvalue weighted by atomic mass is 10.1. The number of carbonyl (C=O) groups excluding carboxylic acids is 2. The van der Waals surface area contributed by atoms with Gasteiger partial charge in [-0.3, -0.25) is 50.4 Å². The third-order valence-electron chi connectivity index (χ3n) is 8.24. The lowest BCUT2D eigenvalue weighted by Crippen LogP contribution is -2.31. The predicted molar refractivity (Wildman–Crippen MR) is 222 cm³/mol. The van der Waals surface area contributed by atoms with Crippen LogP contribution in [0.3, 0.4) is 0 Å². The highest BCUT2D eigenvalue weighted by atomic mass is 16.6. The normalized spacial score (nSPS) is 9.70. The summed E-state index contributed by atoms with van der Waals surface area (Å²) in [7, 11) is 0. The monoisotopic (exact) mass is 906 g/mol. The molecule has 4 N–H and O–H groups in total. The fourth-order valence-electron chi connectivity index (χ4n) is 4.90. The van der Waals surface area contributed by atoms with E-state index in [1.165, 1.54) is 35.4 Å². The second-order valence-corrected chi connectivity index (χ2v) is 12.8. The Labute approximate surface area is 370 Å². The van der Waals surface area contributed by atoms with Crippen LogP contribution in [0.25, 0.3) is 0 Å². The predicted octanol–water partition coefficient (Wildman–Crippen LogP) is 3.52. The van der Waals surface area contributed by atoms with E-state index in [0.717, 1.165) is 85.9 Å². The SMILES string of the molecule is O=C(O)c1ccc([N+](=O)[O-])cc1.O=C(O)c1ccc([N+](=O)[O-])cc1.O=C([O-])c1ccc([N+](=O)[O-])cc1.O=C([O-])c1ccc([N+](=O)[O-])cc1.c1c[n+](Cc2ccc(C[n+]3cc[nH]c3)cc2)c[nH]1. The Hall–Kier alpha value is -10.0. The van der Waals surface area contributed by atoms with Gasteiger partial charge in [-0.1, -0.05) is 24.3 Å². The van der Waals surface area contributed by atoms with Crippen LogP contribution in [0.4, 0.5) is 22.7 Å². The molecular weight excluding hydrogens is 873 g/mol. The second kappa shape index (κ2) is 25.1. The van der Waals surface area contributed by atoms with Gasteiger partial charge in [-0.25, -0.2) is 18.7 Å². The Morgan fingerprint density at radius 3 is 0.848 bits per heavy atom. The molecule has 2 heterocycles. The first-order valence-electron chi connectivity index (χ1n) is 18.3. The summed E-state index contributed by atoms with van der Waals surface area (Å²) in [6, 6.07) is 27.1. The first-order valence-corrected chi connectivity index (χ1v) is 18.3. The number of carboxylic acid groups (broad SMARTS) is 4. The lowest BCUT2D eigenvalue weighted by Gasteiger charge is -2.01. The summed E-state index contributed by atoms with van der Waals surface area (Å²) in [6.07, 6.45) is 11.8. The largest absolute Gasteiger partial charge is 0.545 e. The number of nitro benzene ring substituents is 4. The lowest BCUT2D eigenvalue weighted by molar-refractivity contribution is -0.687. The molecule has 0 aliphatic rings. The molecule has 0 bridgehead atoms. The van der Waals surface area contributed by atoms with E-state index in [-0.39, 0.29) is 45.0 Å². The van der Waals surface area contributed by atoms with Gasteiger partial charge in [0.15, 0.2) is 0 Å². The van der Waals surface area contributed by atoms with Crippen LogP contribution in [-0.2, 0) is 13.1 Å². The Balaban J connectivity index is 0.000000222. The number of carboxylic acids is 4. The third kappa shape index (κ3) is 17.2. The number of H-pyrrole nitrogens is 2. The number of benzene rings is 5. The molecule has 0 radical (unpaired) electrons. The number of carbonyl (C=O) groups is 4. The fraction of sp³-hybridized carbons (Fsp3) is 0.0476. The molecule has 0 unspecified atom stereocenters. The average molecular weight is 907 g/mol. The van der Waals surface area contributed by atoms with Crippen LogP contribution < -0.4 is 19.3 Å². The molecule has 0 fully saturated rings. The van der Waals surface area contributed by atoms with Gasteiger partial charge in [-0.05, 0) is 70.8 Å². The second-order valence-electron chi connectivity index (χ2n) is 12.8. The summed E-state index contributed by atoms with van der Waals surface area (Å²) in [5.74, 6) is -4.87. The van der Waals surface area contributed by atoms with Crippen LogP contribution in [-0.4, -0.2) is 63.8 Å². The minimum atomic E-state index is -1.34. The molecule has 0 saturated heterocycles. The number of non-ortho nitro benzene ring substituents is 4. The van der Waals surface area contributed by atoms with Crippen molar-refractivity contribution in [3.63, 3.8) is 0 Å². The van der Waals surface area contributed by atoms with Crippen LogP contribution in [0.5, 0.6) is 0 Å². The standard InChI is InChI=1S/C14H14N4.4C7H5NO4/c1-2-14(10-18-8-6-16-12-18)4-3-13(1)9-17-7-5-15-11-17;4*9-7(10)5-1-3-6(4-2-5)8(11)12/h1-8,11-12H,9-10H2;4*1-4H,(H,9,10). The molecule has 2 aromatic heterocycles. The quantitative estimate of drug-likeness (QED) is 0.0774. The number of nitro groups is 4. The first kappa shape index (κ1) is 50.4. The van der Waals surface area contributed by atoms with Crippen molar-refractivity contribution in [2.45, 2.75) is 13.1 Å². The molecular formula is C42H34N8O16. The molecule has 24 nitrogen and oxygen atoms in total. The van der Waals surface area contributed by atoms with Crippen LogP contribution in [0, 0.1) is 40.5 Å². The number of nitrogens with zero attached hydrogens (tertiary/aromatic N) is 6. The highest BCUT2D eigenvalue weighted by Crippen LogP contribution is 2.14. The van der Waals surface area contributed by atoms with E-state index in [1.807, 2.05) is 37.4 Å². The average Bonchev–Trinajstić information content (AvgIpc) is 4.03. The zero-order chi connectivity index (χ0) is 48.8. The smallest absolute Gasteiger partial charge is 0.335 e. The molecule has 24 heteroatoms. The Morgan fingerprint density at radius 2 is 0.667 bits per heavy atom. The number of aromatic nitrogens is 4. The van der Waals surface area contributed by atoms with E-state index in [9.17, 15) is 69.8 Å². The van der Waals surface area contributed by atoms with Crippen LogP contribution in [0.2, 0.25) is 0 Å². The van der Waals surface area contributed by atoms with Gasteiger partial charge in [0.2, 0.25) is 12.7 Å². The van der Waals surface area contributed by atoms with Gasteiger partial charge in [-0.2, -0.15) is 0 Å². The van der Waals surface area contributed by atoms with Crippen molar-refractivity contribution < 1.29 is 68.4 Å². The molecule has 0 atom stereocenters. The van der Waals surface area contributed by atoms with Gasteiger partial charge in [0.25, 0.3) is 22.7 Å². The van der Waals surface area contributed by atoms with E-state index in [1.54, 1.807) is 0 Å². The molecule has 0 saturated carbocycles. The maximum atomic E-state index is 10.3. The number of nitrogens with one attached hydrogen (secondary N) is 2. The topological polar surface area (TPSA) is 367 Å². The molecule has 7 rings (SSSR count). The first-order chi connectivity index (χ1) is 31.3. The summed E-state index contributed by atoms with van der Waals surface area (Å²) in [4.78, 5) is 85.3. The minimum Gasteiger partial charge on any atom is -0.545 e. The van der Waals surface area contributed by atoms with E-state index in [4.69, 9.17) is 10.2 Å². The number of hydrogen-bond donors (Lipinski definition) is 4. The van der Waals surface area contributed by atoms with E-state index >= 15 is 0 Å². The summed E-state index contributed by atoms with van der Waals surface area (Å²) in [6.45, 7) is 1.81. The third-order valence-corrected chi connectivity index (χ3v) is 8.24. The fourth-order valence-corrected chi connectivity index (χ4v) is 4.90. The Morgan fingerprint density at radius 1 is 0.424 bits per heavy atom. The van der Waals surface area contributed by atoms with E-state index in [2.05, 4.69) is 43.4 Å². The van der Waals surface area contributed by atoms with Crippen LogP contribution in [0.15, 0.2) is 159 Å². The van der Waals surface area contributed by atoms with Gasteiger partial charge >= 0.3 is 11.9 Å². The molecule has 0 aliphatic carbocycles. The molecule has 5 aromatic carbocycles. The highest BCUT2D eigenvalue weighted by molar-refractivity contribution is 5.88. The Kier molecular flexibility index (Phi) is 19.1. The minimum absolute atomic E-state index is 0.0422. The van der Waals surface area contributed by atoms with E-state index < -0.39 is 43.6 Å². The Bertz CT molecular complexity index is 2270. The number of hydrogen-bond acceptors (Lipinski definition) is 14. The molecule has 7 aromatic rings. The maximum absolute atomic E-state index is 10.3. The molecule has 0 aliphatic heterocycles. The summed E-state index contributed by atoms with van der Waals surface area (Å²) < 4.78 is 4.24. The van der Waals surface area contributed by atoms with Crippen molar-refractivity contribution in [3.05, 3.63) is 233 Å². The zero-order valence-electron chi connectivity index (χ0n) is 33.7. The summed E-state index contributed by atoms with van der Waals surface area (Å²) in [5, 5.41) is 77.8. The summed E-state index contributed by atoms with van der Waals surface area (Å²) >= 11 is 0. The van der Waals surface area contributed by atoms with Crippen molar-refractivity contribution >= 4 is 46.6 Å². The van der Waals surface area contributed by atoms with Crippen molar-refractivity contribution in [1.82, 2.24) is 9.97 Å². The molecule has 338 valence electrons. The van der Waals surface area contributed by atoms with E-state index in [0.29, 0.717) is 0 Å². The number of imidazole rings is 2.